The molecule has 0 fully saturated rings. The summed E-state index contributed by atoms with van der Waals surface area (Å²) >= 11 is 3.53. The molecule has 4 nitrogen and oxygen atoms in total. The fourth-order valence-corrected chi connectivity index (χ4v) is 2.23. The molecular weight excluding hydrogens is 282 g/mol. The van der Waals surface area contributed by atoms with Crippen molar-refractivity contribution in [2.45, 2.75) is 6.92 Å². The molecule has 1 aromatic carbocycles. The van der Waals surface area contributed by atoms with Crippen molar-refractivity contribution in [2.24, 2.45) is 7.05 Å². The summed E-state index contributed by atoms with van der Waals surface area (Å²) in [6, 6.07) is 4.01. The first-order valence-electron chi connectivity index (χ1n) is 5.17. The second-order valence-electron chi connectivity index (χ2n) is 3.84. The summed E-state index contributed by atoms with van der Waals surface area (Å²) in [5, 5.41) is 4.14. The van der Waals surface area contributed by atoms with E-state index >= 15 is 0 Å². The van der Waals surface area contributed by atoms with Gasteiger partial charge in [-0.05, 0) is 28.4 Å². The Balaban J connectivity index is 2.68. The number of hydrogen-bond donors (Lipinski definition) is 1. The quantitative estimate of drug-likeness (QED) is 0.927. The van der Waals surface area contributed by atoms with Crippen LogP contribution in [0.5, 0.6) is 5.75 Å². The van der Waals surface area contributed by atoms with E-state index in [2.05, 4.69) is 21.0 Å². The Hall–Kier alpha value is -1.49. The van der Waals surface area contributed by atoms with Gasteiger partial charge in [-0.15, -0.1) is 0 Å². The molecule has 5 heteroatoms. The predicted molar refractivity (Wildman–Crippen MR) is 72.0 cm³/mol. The molecule has 0 aliphatic carbocycles. The molecule has 0 radical (unpaired) electrons. The average Bonchev–Trinajstić information content (AvgIpc) is 2.64. The molecule has 0 bridgehead atoms. The molecule has 0 spiro atoms. The Morgan fingerprint density at radius 3 is 2.59 bits per heavy atom. The summed E-state index contributed by atoms with van der Waals surface area (Å²) in [6.07, 6.45) is 1.74. The fourth-order valence-electron chi connectivity index (χ4n) is 1.72. The van der Waals surface area contributed by atoms with Crippen molar-refractivity contribution in [1.82, 2.24) is 9.78 Å². The third-order valence-corrected chi connectivity index (χ3v) is 3.75. The van der Waals surface area contributed by atoms with E-state index in [1.54, 1.807) is 18.0 Å². The van der Waals surface area contributed by atoms with Crippen LogP contribution in [0.15, 0.2) is 22.8 Å². The lowest BCUT2D eigenvalue weighted by Gasteiger charge is -2.11. The van der Waals surface area contributed by atoms with E-state index in [0.29, 0.717) is 5.82 Å². The van der Waals surface area contributed by atoms with E-state index in [-0.39, 0.29) is 0 Å². The number of hydrogen-bond acceptors (Lipinski definition) is 3. The minimum Gasteiger partial charge on any atom is -0.495 e. The van der Waals surface area contributed by atoms with Gasteiger partial charge in [0, 0.05) is 18.2 Å². The monoisotopic (exact) mass is 295 g/mol. The molecule has 0 aliphatic heterocycles. The standard InChI is InChI=1S/C12H14BrN3O/c1-7-4-5-8(11(17-3)10(7)13)9-6-15-16(2)12(9)14/h4-6H,14H2,1-3H3. The van der Waals surface area contributed by atoms with Gasteiger partial charge in [0.1, 0.15) is 11.6 Å². The number of nitrogens with two attached hydrogens (primary N) is 1. The molecular formula is C12H14BrN3O. The van der Waals surface area contributed by atoms with Crippen LogP contribution in [0.4, 0.5) is 5.82 Å². The molecule has 1 heterocycles. The number of nitrogen functional groups attached to an aromatic ring is 1. The van der Waals surface area contributed by atoms with E-state index in [1.165, 1.54) is 0 Å². The third-order valence-electron chi connectivity index (χ3n) is 2.77. The summed E-state index contributed by atoms with van der Waals surface area (Å²) in [7, 11) is 3.46. The number of anilines is 1. The lowest BCUT2D eigenvalue weighted by molar-refractivity contribution is 0.413. The van der Waals surface area contributed by atoms with Crippen molar-refractivity contribution in [3.05, 3.63) is 28.4 Å². The SMILES string of the molecule is COc1c(-c2cnn(C)c2N)ccc(C)c1Br. The van der Waals surface area contributed by atoms with E-state index < -0.39 is 0 Å². The molecule has 17 heavy (non-hydrogen) atoms. The largest absolute Gasteiger partial charge is 0.495 e. The van der Waals surface area contributed by atoms with Crippen LogP contribution in [0, 0.1) is 6.92 Å². The van der Waals surface area contributed by atoms with Crippen LogP contribution in [-0.2, 0) is 7.05 Å². The van der Waals surface area contributed by atoms with Gasteiger partial charge in [-0.25, -0.2) is 0 Å². The second-order valence-corrected chi connectivity index (χ2v) is 4.64. The van der Waals surface area contributed by atoms with Gasteiger partial charge in [0.25, 0.3) is 0 Å². The van der Waals surface area contributed by atoms with Crippen LogP contribution >= 0.6 is 15.9 Å². The van der Waals surface area contributed by atoms with Crippen molar-refractivity contribution in [1.29, 1.82) is 0 Å². The number of nitrogens with zero attached hydrogens (tertiary/aromatic N) is 2. The maximum Gasteiger partial charge on any atom is 0.141 e. The van der Waals surface area contributed by atoms with Crippen LogP contribution in [0.1, 0.15) is 5.56 Å². The lowest BCUT2D eigenvalue weighted by Crippen LogP contribution is -1.99. The normalized spacial score (nSPS) is 10.6. The van der Waals surface area contributed by atoms with Gasteiger partial charge in [-0.1, -0.05) is 12.1 Å². The van der Waals surface area contributed by atoms with Crippen molar-refractivity contribution in [2.75, 3.05) is 12.8 Å². The lowest BCUT2D eigenvalue weighted by atomic mass is 10.1. The number of halogens is 1. The van der Waals surface area contributed by atoms with Crippen molar-refractivity contribution in [3.63, 3.8) is 0 Å². The smallest absolute Gasteiger partial charge is 0.141 e. The highest BCUT2D eigenvalue weighted by Gasteiger charge is 2.15. The van der Waals surface area contributed by atoms with Crippen LogP contribution in [0.3, 0.4) is 0 Å². The van der Waals surface area contributed by atoms with Gasteiger partial charge >= 0.3 is 0 Å². The zero-order chi connectivity index (χ0) is 12.6. The minimum atomic E-state index is 0.624. The van der Waals surface area contributed by atoms with E-state index in [9.17, 15) is 0 Å². The molecule has 0 aliphatic rings. The van der Waals surface area contributed by atoms with Crippen molar-refractivity contribution < 1.29 is 4.74 Å². The summed E-state index contributed by atoms with van der Waals surface area (Å²) in [5.74, 6) is 1.41. The van der Waals surface area contributed by atoms with Gasteiger partial charge in [-0.3, -0.25) is 4.68 Å². The molecule has 0 saturated carbocycles. The van der Waals surface area contributed by atoms with Gasteiger partial charge in [-0.2, -0.15) is 5.10 Å². The maximum atomic E-state index is 5.98. The van der Waals surface area contributed by atoms with E-state index in [1.807, 2.05) is 26.1 Å². The Morgan fingerprint density at radius 1 is 1.35 bits per heavy atom. The summed E-state index contributed by atoms with van der Waals surface area (Å²) < 4.78 is 8.02. The Kier molecular flexibility index (Phi) is 3.11. The predicted octanol–water partition coefficient (Wildman–Crippen LogP) is 2.75. The number of methoxy groups -OCH3 is 1. The number of aryl methyl sites for hydroxylation is 2. The van der Waals surface area contributed by atoms with Gasteiger partial charge in [0.15, 0.2) is 0 Å². The molecule has 2 N–H and O–H groups in total. The molecule has 90 valence electrons. The summed E-state index contributed by atoms with van der Waals surface area (Å²) in [6.45, 7) is 2.02. The zero-order valence-electron chi connectivity index (χ0n) is 9.99. The third kappa shape index (κ3) is 1.91. The Bertz CT molecular complexity index is 563. The molecule has 2 aromatic rings. The van der Waals surface area contributed by atoms with Gasteiger partial charge < -0.3 is 10.5 Å². The first-order valence-corrected chi connectivity index (χ1v) is 5.96. The van der Waals surface area contributed by atoms with Crippen molar-refractivity contribution >= 4 is 21.7 Å². The summed E-state index contributed by atoms with van der Waals surface area (Å²) in [5.41, 5.74) is 8.91. The molecule has 1 aromatic heterocycles. The van der Waals surface area contributed by atoms with Crippen LogP contribution < -0.4 is 10.5 Å². The maximum absolute atomic E-state index is 5.98. The number of ether oxygens (including phenoxy) is 1. The Morgan fingerprint density at radius 2 is 2.06 bits per heavy atom. The molecule has 0 atom stereocenters. The molecule has 2 rings (SSSR count). The highest BCUT2D eigenvalue weighted by atomic mass is 79.9. The average molecular weight is 296 g/mol. The van der Waals surface area contributed by atoms with Crippen LogP contribution in [0.25, 0.3) is 11.1 Å². The van der Waals surface area contributed by atoms with Gasteiger partial charge in [0.05, 0.1) is 17.8 Å². The number of benzene rings is 1. The van der Waals surface area contributed by atoms with Gasteiger partial charge in [0.2, 0.25) is 0 Å². The zero-order valence-corrected chi connectivity index (χ0v) is 11.6. The minimum absolute atomic E-state index is 0.624. The first-order chi connectivity index (χ1) is 8.06. The highest BCUT2D eigenvalue weighted by molar-refractivity contribution is 9.10. The fraction of sp³-hybridized carbons (Fsp3) is 0.250. The van der Waals surface area contributed by atoms with E-state index in [0.717, 1.165) is 26.9 Å². The van der Waals surface area contributed by atoms with E-state index in [4.69, 9.17) is 10.5 Å². The second kappa shape index (κ2) is 4.41. The topological polar surface area (TPSA) is 53.1 Å². The molecule has 0 unspecified atom stereocenters. The highest BCUT2D eigenvalue weighted by Crippen LogP contribution is 2.40. The first kappa shape index (κ1) is 12.0. The Labute approximate surface area is 109 Å². The number of aromatic nitrogens is 2. The molecule has 0 saturated heterocycles. The van der Waals surface area contributed by atoms with Crippen molar-refractivity contribution in [3.8, 4) is 16.9 Å². The summed E-state index contributed by atoms with van der Waals surface area (Å²) in [4.78, 5) is 0. The van der Waals surface area contributed by atoms with Crippen LogP contribution in [-0.4, -0.2) is 16.9 Å². The molecule has 0 amide bonds. The van der Waals surface area contributed by atoms with Crippen LogP contribution in [0.2, 0.25) is 0 Å². The number of rotatable bonds is 2.